The maximum absolute atomic E-state index is 11.2. The molecule has 0 aliphatic carbocycles. The lowest BCUT2D eigenvalue weighted by molar-refractivity contribution is 0.1000. The maximum atomic E-state index is 11.2. The fourth-order valence-electron chi connectivity index (χ4n) is 1.53. The Morgan fingerprint density at radius 1 is 1.14 bits per heavy atom. The van der Waals surface area contributed by atoms with Crippen LogP contribution in [0.2, 0.25) is 0 Å². The van der Waals surface area contributed by atoms with Crippen LogP contribution in [0.5, 0.6) is 0 Å². The third kappa shape index (κ3) is 5.08. The first-order chi connectivity index (χ1) is 9.55. The van der Waals surface area contributed by atoms with Crippen LogP contribution in [0.3, 0.4) is 0 Å². The summed E-state index contributed by atoms with van der Waals surface area (Å²) in [5.41, 5.74) is 8.37. The first kappa shape index (κ1) is 17.6. The molecule has 0 saturated carbocycles. The Kier molecular flexibility index (Phi) is 5.44. The predicted octanol–water partition coefficient (Wildman–Crippen LogP) is 1.36. The van der Waals surface area contributed by atoms with Gasteiger partial charge in [-0.25, -0.2) is 0 Å². The molecule has 0 atom stereocenters. The van der Waals surface area contributed by atoms with E-state index in [0.29, 0.717) is 0 Å². The van der Waals surface area contributed by atoms with E-state index in [2.05, 4.69) is 10.0 Å². The van der Waals surface area contributed by atoms with Crippen LogP contribution >= 0.6 is 15.2 Å². The Morgan fingerprint density at radius 2 is 1.62 bits per heavy atom. The normalized spacial score (nSPS) is 12.0. The molecule has 4 N–H and O–H groups in total. The Hall–Kier alpha value is -1.50. The fraction of sp³-hybridized carbons (Fsp3) is 0.222. The average molecular weight is 335 g/mol. The molecule has 21 heavy (non-hydrogen) atoms. The number of azide groups is 1. The molecule has 0 heterocycles. The molecular formula is C9H11N3O7P2. The number of carbonyl (C=O) groups is 1. The molecule has 0 bridgehead atoms. The van der Waals surface area contributed by atoms with Crippen molar-refractivity contribution >= 4 is 21.1 Å². The average Bonchev–Trinajstić information content (AvgIpc) is 2.34. The number of carbonyl (C=O) groups excluding carboxylic acids is 1. The van der Waals surface area contributed by atoms with Gasteiger partial charge in [0.25, 0.3) is 0 Å². The van der Waals surface area contributed by atoms with Crippen LogP contribution < -0.4 is 0 Å². The summed E-state index contributed by atoms with van der Waals surface area (Å²) in [6, 6.07) is 4.97. The second kappa shape index (κ2) is 6.51. The lowest BCUT2D eigenvalue weighted by Gasteiger charge is -2.19. The van der Waals surface area contributed by atoms with Gasteiger partial charge >= 0.3 is 15.2 Å². The summed E-state index contributed by atoms with van der Waals surface area (Å²) in [5, 5.41) is 0.707. The number of rotatable bonds is 5. The van der Waals surface area contributed by atoms with Crippen molar-refractivity contribution in [3.05, 3.63) is 45.8 Å². The van der Waals surface area contributed by atoms with E-state index in [9.17, 15) is 13.9 Å². The lowest BCUT2D eigenvalue weighted by atomic mass is 10.1. The second-order valence-electron chi connectivity index (χ2n) is 4.05. The Balaban J connectivity index is 3.02. The van der Waals surface area contributed by atoms with Crippen LogP contribution in [0, 0.1) is 0 Å². The van der Waals surface area contributed by atoms with Gasteiger partial charge in [-0.15, -0.1) is 0 Å². The summed E-state index contributed by atoms with van der Waals surface area (Å²) >= 11 is 0. The maximum Gasteiger partial charge on any atom is 0.341 e. The van der Waals surface area contributed by atoms with E-state index in [0.717, 1.165) is 0 Å². The van der Waals surface area contributed by atoms with Gasteiger partial charge in [-0.1, -0.05) is 24.3 Å². The molecule has 0 aliphatic rings. The Morgan fingerprint density at radius 3 is 2.00 bits per heavy atom. The molecule has 114 valence electrons. The number of amides is 1. The van der Waals surface area contributed by atoms with Crippen LogP contribution in [0.25, 0.3) is 10.4 Å². The van der Waals surface area contributed by atoms with Crippen LogP contribution in [0.4, 0.5) is 0 Å². The van der Waals surface area contributed by atoms with Crippen molar-refractivity contribution < 1.29 is 33.5 Å². The minimum atomic E-state index is -5.00. The van der Waals surface area contributed by atoms with Crippen molar-refractivity contribution in [2.24, 2.45) is 5.11 Å². The summed E-state index contributed by atoms with van der Waals surface area (Å²) in [4.78, 5) is 49.5. The zero-order valence-electron chi connectivity index (χ0n) is 10.3. The third-order valence-corrected chi connectivity index (χ3v) is 6.25. The number of hydrogen-bond donors (Lipinski definition) is 4. The lowest BCUT2D eigenvalue weighted by Crippen LogP contribution is -2.12. The van der Waals surface area contributed by atoms with Crippen LogP contribution in [0.1, 0.15) is 15.9 Å². The summed E-state index contributed by atoms with van der Waals surface area (Å²) in [5.74, 6) is -0.842. The van der Waals surface area contributed by atoms with Gasteiger partial charge in [0.1, 0.15) is 0 Å². The smallest absolute Gasteiger partial charge is 0.324 e. The molecule has 0 fully saturated rings. The zero-order chi connectivity index (χ0) is 16.3. The van der Waals surface area contributed by atoms with Crippen molar-refractivity contribution in [1.29, 1.82) is 0 Å². The van der Waals surface area contributed by atoms with Crippen molar-refractivity contribution in [2.75, 3.05) is 0 Å². The monoisotopic (exact) mass is 335 g/mol. The molecule has 0 radical (unpaired) electrons. The summed E-state index contributed by atoms with van der Waals surface area (Å²) in [6.07, 6.45) is -0.565. The molecule has 10 nitrogen and oxygen atoms in total. The fourth-order valence-corrected chi connectivity index (χ4v) is 3.99. The standard InChI is InChI=1S/C9H11N3O7P2/c10-12-11-9(13)7-3-1-6(2-4-7)5-8(20(14,15)16)21(17,18)19/h1-4,8H,5H2,(H2,14,15,16)(H2,17,18,19). The summed E-state index contributed by atoms with van der Waals surface area (Å²) < 4.78 is 22.3. The highest BCUT2D eigenvalue weighted by atomic mass is 31.2. The largest absolute Gasteiger partial charge is 0.341 e. The molecule has 0 aromatic heterocycles. The van der Waals surface area contributed by atoms with E-state index in [1.165, 1.54) is 24.3 Å². The van der Waals surface area contributed by atoms with Gasteiger partial charge in [-0.05, 0) is 22.6 Å². The first-order valence-corrected chi connectivity index (χ1v) is 8.71. The highest BCUT2D eigenvalue weighted by Crippen LogP contribution is 2.60. The Bertz CT molecular complexity index is 649. The molecular weight excluding hydrogens is 324 g/mol. The van der Waals surface area contributed by atoms with E-state index in [-0.39, 0.29) is 11.1 Å². The molecule has 1 aromatic carbocycles. The minimum absolute atomic E-state index is 0.0421. The highest BCUT2D eigenvalue weighted by molar-refractivity contribution is 7.70. The molecule has 0 aliphatic heterocycles. The third-order valence-electron chi connectivity index (χ3n) is 2.53. The summed E-state index contributed by atoms with van der Waals surface area (Å²) in [7, 11) is -10.0. The van der Waals surface area contributed by atoms with Gasteiger partial charge in [0.15, 0.2) is 5.40 Å². The molecule has 1 amide bonds. The van der Waals surface area contributed by atoms with Gasteiger partial charge in [0.2, 0.25) is 5.91 Å². The van der Waals surface area contributed by atoms with E-state index in [4.69, 9.17) is 25.1 Å². The van der Waals surface area contributed by atoms with Gasteiger partial charge in [0.05, 0.1) is 0 Å². The SMILES string of the molecule is [N-]=[N+]=NC(=O)c1ccc(CC(P(=O)(O)O)P(=O)(O)O)cc1. The highest BCUT2D eigenvalue weighted by Gasteiger charge is 2.43. The van der Waals surface area contributed by atoms with E-state index >= 15 is 0 Å². The molecule has 1 aromatic rings. The number of benzene rings is 1. The molecule has 1 rings (SSSR count). The van der Waals surface area contributed by atoms with Gasteiger partial charge < -0.3 is 19.6 Å². The zero-order valence-corrected chi connectivity index (χ0v) is 12.1. The van der Waals surface area contributed by atoms with Gasteiger partial charge in [-0.3, -0.25) is 13.9 Å². The van der Waals surface area contributed by atoms with Gasteiger partial charge in [-0.2, -0.15) is 0 Å². The van der Waals surface area contributed by atoms with Crippen molar-refractivity contribution in [2.45, 2.75) is 11.8 Å². The second-order valence-corrected chi connectivity index (χ2v) is 8.06. The van der Waals surface area contributed by atoms with Crippen LogP contribution in [-0.2, 0) is 15.6 Å². The van der Waals surface area contributed by atoms with Crippen molar-refractivity contribution in [1.82, 2.24) is 0 Å². The predicted molar refractivity (Wildman–Crippen MR) is 71.5 cm³/mol. The van der Waals surface area contributed by atoms with E-state index in [1.54, 1.807) is 0 Å². The topological polar surface area (TPSA) is 181 Å². The van der Waals surface area contributed by atoms with E-state index < -0.39 is 32.9 Å². The van der Waals surface area contributed by atoms with Crippen LogP contribution in [-0.4, -0.2) is 30.9 Å². The van der Waals surface area contributed by atoms with E-state index in [1.807, 2.05) is 0 Å². The number of nitrogens with zero attached hydrogens (tertiary/aromatic N) is 3. The molecule has 0 spiro atoms. The molecule has 12 heteroatoms. The van der Waals surface area contributed by atoms with Crippen molar-refractivity contribution in [3.8, 4) is 0 Å². The molecule has 0 saturated heterocycles. The van der Waals surface area contributed by atoms with Gasteiger partial charge in [0, 0.05) is 10.5 Å². The first-order valence-electron chi connectivity index (χ1n) is 5.34. The quantitative estimate of drug-likeness (QED) is 0.271. The minimum Gasteiger partial charge on any atom is -0.324 e. The summed E-state index contributed by atoms with van der Waals surface area (Å²) in [6.45, 7) is 0. The molecule has 0 unspecified atom stereocenters. The number of hydrogen-bond acceptors (Lipinski definition) is 3. The Labute approximate surface area is 118 Å². The van der Waals surface area contributed by atoms with Crippen molar-refractivity contribution in [3.63, 3.8) is 0 Å². The van der Waals surface area contributed by atoms with Crippen LogP contribution in [0.15, 0.2) is 29.4 Å².